The second-order valence-corrected chi connectivity index (χ2v) is 10.4. The van der Waals surface area contributed by atoms with Crippen LogP contribution in [0.1, 0.15) is 34.7 Å². The molecule has 0 amide bonds. The van der Waals surface area contributed by atoms with Gasteiger partial charge >= 0.3 is 0 Å². The summed E-state index contributed by atoms with van der Waals surface area (Å²) in [6.45, 7) is 8.88. The first-order valence-electron chi connectivity index (χ1n) is 13.7. The highest BCUT2D eigenvalue weighted by molar-refractivity contribution is 5.59. The Bertz CT molecular complexity index is 1210. The quantitative estimate of drug-likeness (QED) is 0.326. The van der Waals surface area contributed by atoms with Gasteiger partial charge in [-0.1, -0.05) is 72.8 Å². The Balaban J connectivity index is 1.01. The van der Waals surface area contributed by atoms with Crippen LogP contribution in [-0.2, 0) is 13.0 Å². The van der Waals surface area contributed by atoms with E-state index in [9.17, 15) is 0 Å². The van der Waals surface area contributed by atoms with Gasteiger partial charge in [0.2, 0.25) is 0 Å². The van der Waals surface area contributed by atoms with Crippen LogP contribution in [0.15, 0.2) is 97.6 Å². The zero-order chi connectivity index (χ0) is 24.9. The first-order chi connectivity index (χ1) is 18.3. The minimum atomic E-state index is 0.337. The molecular formula is C32H37N5. The summed E-state index contributed by atoms with van der Waals surface area (Å²) in [5.74, 6) is 0. The molecule has 4 aromatic rings. The summed E-state index contributed by atoms with van der Waals surface area (Å²) in [6.07, 6.45) is 8.15. The van der Waals surface area contributed by atoms with Crippen molar-refractivity contribution in [1.29, 1.82) is 0 Å². The Morgan fingerprint density at radius 1 is 0.757 bits per heavy atom. The Morgan fingerprint density at radius 3 is 2.16 bits per heavy atom. The van der Waals surface area contributed by atoms with Gasteiger partial charge in [-0.15, -0.1) is 0 Å². The molecular weight excluding hydrogens is 454 g/mol. The van der Waals surface area contributed by atoms with E-state index in [2.05, 4.69) is 103 Å². The maximum Gasteiger partial charge on any atom is 0.0949 e. The van der Waals surface area contributed by atoms with E-state index in [-0.39, 0.29) is 0 Å². The zero-order valence-corrected chi connectivity index (χ0v) is 21.6. The maximum absolute atomic E-state index is 4.16. The van der Waals surface area contributed by atoms with Crippen LogP contribution in [0.5, 0.6) is 0 Å². The molecule has 0 bridgehead atoms. The molecule has 37 heavy (non-hydrogen) atoms. The lowest BCUT2D eigenvalue weighted by atomic mass is 9.96. The molecule has 0 radical (unpaired) electrons. The largest absolute Gasteiger partial charge is 0.371 e. The number of hydrogen-bond donors (Lipinski definition) is 0. The lowest BCUT2D eigenvalue weighted by Crippen LogP contribution is -2.48. The number of anilines is 1. The number of aromatic nitrogens is 2. The first-order valence-corrected chi connectivity index (χ1v) is 13.7. The van der Waals surface area contributed by atoms with Gasteiger partial charge in [0.15, 0.2) is 0 Å². The van der Waals surface area contributed by atoms with Crippen molar-refractivity contribution in [2.45, 2.75) is 25.4 Å². The zero-order valence-electron chi connectivity index (χ0n) is 21.6. The third kappa shape index (κ3) is 5.63. The SMILES string of the molecule is c1ccc(C(c2ccccc2)N2CCN(CCCN3CCc4cc(Cn5ccnc5)ccc43)CC2)cc1. The van der Waals surface area contributed by atoms with Gasteiger partial charge in [0, 0.05) is 63.9 Å². The average Bonchev–Trinajstić information content (AvgIpc) is 3.61. The van der Waals surface area contributed by atoms with Crippen LogP contribution >= 0.6 is 0 Å². The van der Waals surface area contributed by atoms with Crippen molar-refractivity contribution in [1.82, 2.24) is 19.4 Å². The van der Waals surface area contributed by atoms with Gasteiger partial charge in [-0.3, -0.25) is 4.90 Å². The second kappa shape index (κ2) is 11.3. The van der Waals surface area contributed by atoms with E-state index < -0.39 is 0 Å². The average molecular weight is 492 g/mol. The fourth-order valence-electron chi connectivity index (χ4n) is 6.06. The Morgan fingerprint density at radius 2 is 1.49 bits per heavy atom. The number of piperazine rings is 1. The lowest BCUT2D eigenvalue weighted by Gasteiger charge is -2.40. The van der Waals surface area contributed by atoms with Crippen molar-refractivity contribution in [2.75, 3.05) is 50.7 Å². The van der Waals surface area contributed by atoms with E-state index in [0.717, 1.165) is 52.2 Å². The number of fused-ring (bicyclic) bond motifs is 1. The summed E-state index contributed by atoms with van der Waals surface area (Å²) in [5, 5.41) is 0. The number of rotatable bonds is 9. The van der Waals surface area contributed by atoms with E-state index in [0.29, 0.717) is 6.04 Å². The molecule has 2 aliphatic rings. The molecule has 3 aromatic carbocycles. The molecule has 1 aromatic heterocycles. The minimum Gasteiger partial charge on any atom is -0.371 e. The van der Waals surface area contributed by atoms with Gasteiger partial charge in [0.05, 0.1) is 12.4 Å². The second-order valence-electron chi connectivity index (χ2n) is 10.4. The van der Waals surface area contributed by atoms with Crippen LogP contribution in [0.3, 0.4) is 0 Å². The standard InChI is InChI=1S/C32H37N5/c1-3-8-28(9-4-1)32(29-10-5-2-6-11-29)37-22-20-34(21-23-37)16-7-17-36-18-14-30-24-27(12-13-31(30)36)25-35-19-15-33-26-35/h1-6,8-13,15,19,24,26,32H,7,14,16-18,20-23,25H2. The number of imidazole rings is 1. The van der Waals surface area contributed by atoms with Crippen LogP contribution in [-0.4, -0.2) is 65.2 Å². The summed E-state index contributed by atoms with van der Waals surface area (Å²) in [4.78, 5) is 12.1. The molecule has 0 spiro atoms. The summed E-state index contributed by atoms with van der Waals surface area (Å²) in [7, 11) is 0. The molecule has 0 atom stereocenters. The fraction of sp³-hybridized carbons (Fsp3) is 0.344. The highest BCUT2D eigenvalue weighted by Crippen LogP contribution is 2.31. The summed E-state index contributed by atoms with van der Waals surface area (Å²) in [5.41, 5.74) is 7.08. The van der Waals surface area contributed by atoms with E-state index in [1.54, 1.807) is 0 Å². The van der Waals surface area contributed by atoms with Crippen molar-refractivity contribution in [3.8, 4) is 0 Å². The Hall–Kier alpha value is -3.41. The summed E-state index contributed by atoms with van der Waals surface area (Å²) >= 11 is 0. The molecule has 0 aliphatic carbocycles. The van der Waals surface area contributed by atoms with Crippen molar-refractivity contribution in [2.24, 2.45) is 0 Å². The molecule has 5 nitrogen and oxygen atoms in total. The van der Waals surface area contributed by atoms with Gasteiger partial charge < -0.3 is 14.4 Å². The van der Waals surface area contributed by atoms with Gasteiger partial charge in [-0.05, 0) is 47.7 Å². The molecule has 0 unspecified atom stereocenters. The molecule has 1 fully saturated rings. The molecule has 5 heteroatoms. The molecule has 1 saturated heterocycles. The molecule has 0 saturated carbocycles. The lowest BCUT2D eigenvalue weighted by molar-refractivity contribution is 0.109. The highest BCUT2D eigenvalue weighted by Gasteiger charge is 2.26. The van der Waals surface area contributed by atoms with E-state index >= 15 is 0 Å². The molecule has 3 heterocycles. The van der Waals surface area contributed by atoms with Crippen LogP contribution < -0.4 is 4.90 Å². The maximum atomic E-state index is 4.16. The van der Waals surface area contributed by atoms with Gasteiger partial charge in [0.1, 0.15) is 0 Å². The highest BCUT2D eigenvalue weighted by atomic mass is 15.3. The summed E-state index contributed by atoms with van der Waals surface area (Å²) < 4.78 is 2.14. The third-order valence-electron chi connectivity index (χ3n) is 7.97. The molecule has 2 aliphatic heterocycles. The summed E-state index contributed by atoms with van der Waals surface area (Å²) in [6, 6.07) is 29.3. The number of nitrogens with zero attached hydrogens (tertiary/aromatic N) is 5. The van der Waals surface area contributed by atoms with Crippen molar-refractivity contribution in [3.05, 3.63) is 120 Å². The fourth-order valence-corrected chi connectivity index (χ4v) is 6.06. The van der Waals surface area contributed by atoms with Crippen molar-refractivity contribution in [3.63, 3.8) is 0 Å². The number of hydrogen-bond acceptors (Lipinski definition) is 4. The van der Waals surface area contributed by atoms with E-state index in [1.807, 2.05) is 18.7 Å². The smallest absolute Gasteiger partial charge is 0.0949 e. The predicted molar refractivity (Wildman–Crippen MR) is 151 cm³/mol. The van der Waals surface area contributed by atoms with Crippen LogP contribution in [0.2, 0.25) is 0 Å². The minimum absolute atomic E-state index is 0.337. The van der Waals surface area contributed by atoms with Gasteiger partial charge in [-0.2, -0.15) is 0 Å². The molecule has 190 valence electrons. The molecule has 6 rings (SSSR count). The monoisotopic (exact) mass is 491 g/mol. The van der Waals surface area contributed by atoms with Crippen molar-refractivity contribution < 1.29 is 0 Å². The van der Waals surface area contributed by atoms with E-state index in [1.165, 1.54) is 40.9 Å². The number of benzene rings is 3. The van der Waals surface area contributed by atoms with Crippen LogP contribution in [0.4, 0.5) is 5.69 Å². The van der Waals surface area contributed by atoms with Crippen LogP contribution in [0.25, 0.3) is 0 Å². The van der Waals surface area contributed by atoms with Gasteiger partial charge in [-0.25, -0.2) is 4.98 Å². The van der Waals surface area contributed by atoms with Crippen molar-refractivity contribution >= 4 is 5.69 Å². The topological polar surface area (TPSA) is 27.5 Å². The van der Waals surface area contributed by atoms with Gasteiger partial charge in [0.25, 0.3) is 0 Å². The Kier molecular flexibility index (Phi) is 7.33. The van der Waals surface area contributed by atoms with E-state index in [4.69, 9.17) is 0 Å². The normalized spacial score (nSPS) is 16.4. The molecule has 0 N–H and O–H groups in total. The first kappa shape index (κ1) is 24.0. The third-order valence-corrected chi connectivity index (χ3v) is 7.97. The Labute approximate surface area is 221 Å². The predicted octanol–water partition coefficient (Wildman–Crippen LogP) is 5.09. The van der Waals surface area contributed by atoms with Crippen LogP contribution in [0, 0.1) is 0 Å².